The van der Waals surface area contributed by atoms with E-state index in [0.717, 1.165) is 22.8 Å². The van der Waals surface area contributed by atoms with Gasteiger partial charge in [0.2, 0.25) is 5.16 Å². The summed E-state index contributed by atoms with van der Waals surface area (Å²) in [5, 5.41) is 7.69. The summed E-state index contributed by atoms with van der Waals surface area (Å²) in [6.07, 6.45) is 0. The fraction of sp³-hybridized carbons (Fsp3) is 0.500. The summed E-state index contributed by atoms with van der Waals surface area (Å²) in [4.78, 5) is 19.7. The fourth-order valence-corrected chi connectivity index (χ4v) is 2.55. The summed E-state index contributed by atoms with van der Waals surface area (Å²) in [6.45, 7) is 10.1. The Morgan fingerprint density at radius 2 is 2.05 bits per heavy atom. The normalized spacial score (nSPS) is 11.8. The van der Waals surface area contributed by atoms with Crippen LogP contribution in [0.3, 0.4) is 0 Å². The molecule has 0 saturated heterocycles. The fourth-order valence-electron chi connectivity index (χ4n) is 1.87. The second kappa shape index (κ2) is 5.44. The first-order valence-corrected chi connectivity index (χ1v) is 7.51. The van der Waals surface area contributed by atoms with Crippen LogP contribution in [-0.2, 0) is 5.41 Å². The van der Waals surface area contributed by atoms with Gasteiger partial charge in [-0.1, -0.05) is 32.5 Å². The van der Waals surface area contributed by atoms with E-state index in [1.54, 1.807) is 0 Å². The highest BCUT2D eigenvalue weighted by Gasteiger charge is 2.19. The van der Waals surface area contributed by atoms with E-state index in [-0.39, 0.29) is 11.2 Å². The SMILES string of the molecule is Cc1cc(C(=O)CSc2n[nH]c(C(C)(C)C)n2)c(C)[nH]1. The molecule has 0 saturated carbocycles. The summed E-state index contributed by atoms with van der Waals surface area (Å²) in [5.41, 5.74) is 2.60. The van der Waals surface area contributed by atoms with E-state index in [0.29, 0.717) is 10.9 Å². The number of hydrogen-bond donors (Lipinski definition) is 2. The van der Waals surface area contributed by atoms with Gasteiger partial charge in [0.05, 0.1) is 5.75 Å². The number of aromatic nitrogens is 4. The smallest absolute Gasteiger partial charge is 0.208 e. The molecule has 0 radical (unpaired) electrons. The van der Waals surface area contributed by atoms with E-state index in [9.17, 15) is 4.79 Å². The zero-order valence-corrected chi connectivity index (χ0v) is 13.3. The molecule has 20 heavy (non-hydrogen) atoms. The van der Waals surface area contributed by atoms with Crippen LogP contribution in [0, 0.1) is 13.8 Å². The zero-order valence-electron chi connectivity index (χ0n) is 12.5. The molecule has 0 aromatic carbocycles. The number of H-pyrrole nitrogens is 2. The van der Waals surface area contributed by atoms with Crippen molar-refractivity contribution in [1.82, 2.24) is 20.2 Å². The van der Waals surface area contributed by atoms with E-state index in [1.807, 2.05) is 19.9 Å². The molecule has 0 aliphatic carbocycles. The third-order valence-electron chi connectivity index (χ3n) is 2.96. The first-order valence-electron chi connectivity index (χ1n) is 6.52. The number of aromatic amines is 2. The number of Topliss-reactive ketones (excluding diaryl/α,β-unsaturated/α-hetero) is 1. The maximum Gasteiger partial charge on any atom is 0.208 e. The monoisotopic (exact) mass is 292 g/mol. The molecule has 2 N–H and O–H groups in total. The van der Waals surface area contributed by atoms with Crippen molar-refractivity contribution in [3.63, 3.8) is 0 Å². The summed E-state index contributed by atoms with van der Waals surface area (Å²) in [7, 11) is 0. The zero-order chi connectivity index (χ0) is 14.9. The largest absolute Gasteiger partial charge is 0.362 e. The Hall–Kier alpha value is -1.56. The lowest BCUT2D eigenvalue weighted by Crippen LogP contribution is -2.13. The Kier molecular flexibility index (Phi) is 4.04. The predicted octanol–water partition coefficient (Wildman–Crippen LogP) is 3.02. The third-order valence-corrected chi connectivity index (χ3v) is 3.80. The molecule has 108 valence electrons. The molecule has 5 nitrogen and oxygen atoms in total. The van der Waals surface area contributed by atoms with Gasteiger partial charge in [0.1, 0.15) is 5.82 Å². The topological polar surface area (TPSA) is 74.4 Å². The molecule has 0 amide bonds. The summed E-state index contributed by atoms with van der Waals surface area (Å²) in [6, 6.07) is 1.89. The molecule has 0 unspecified atom stereocenters. The first kappa shape index (κ1) is 14.8. The molecule has 2 aromatic heterocycles. The Morgan fingerprint density at radius 3 is 2.55 bits per heavy atom. The molecular formula is C14H20N4OS. The minimum Gasteiger partial charge on any atom is -0.362 e. The Balaban J connectivity index is 2.00. The van der Waals surface area contributed by atoms with Crippen LogP contribution in [0.1, 0.15) is 48.3 Å². The van der Waals surface area contributed by atoms with E-state index in [2.05, 4.69) is 40.9 Å². The summed E-state index contributed by atoms with van der Waals surface area (Å²) >= 11 is 1.36. The van der Waals surface area contributed by atoms with Gasteiger partial charge in [0.15, 0.2) is 5.78 Å². The van der Waals surface area contributed by atoms with Crippen LogP contribution in [0.4, 0.5) is 0 Å². The average molecular weight is 292 g/mol. The van der Waals surface area contributed by atoms with Crippen molar-refractivity contribution in [2.24, 2.45) is 0 Å². The van der Waals surface area contributed by atoms with Crippen molar-refractivity contribution < 1.29 is 4.79 Å². The van der Waals surface area contributed by atoms with Crippen molar-refractivity contribution in [3.05, 3.63) is 28.8 Å². The second-order valence-corrected chi connectivity index (χ2v) is 6.86. The van der Waals surface area contributed by atoms with Crippen LogP contribution in [-0.4, -0.2) is 31.7 Å². The van der Waals surface area contributed by atoms with Gasteiger partial charge in [-0.15, -0.1) is 5.10 Å². The number of nitrogens with one attached hydrogen (secondary N) is 2. The van der Waals surface area contributed by atoms with Crippen LogP contribution in [0.15, 0.2) is 11.2 Å². The minimum absolute atomic E-state index is 0.0653. The van der Waals surface area contributed by atoms with Crippen LogP contribution >= 0.6 is 11.8 Å². The molecule has 2 aromatic rings. The number of aryl methyl sites for hydroxylation is 2. The van der Waals surface area contributed by atoms with Gasteiger partial charge in [0.25, 0.3) is 0 Å². The summed E-state index contributed by atoms with van der Waals surface area (Å²) in [5.74, 6) is 1.28. The minimum atomic E-state index is -0.0653. The lowest BCUT2D eigenvalue weighted by Gasteiger charge is -2.12. The van der Waals surface area contributed by atoms with E-state index in [4.69, 9.17) is 0 Å². The average Bonchev–Trinajstić information content (AvgIpc) is 2.92. The number of carbonyl (C=O) groups excluding carboxylic acids is 1. The van der Waals surface area contributed by atoms with Crippen molar-refractivity contribution in [3.8, 4) is 0 Å². The highest BCUT2D eigenvalue weighted by atomic mass is 32.2. The predicted molar refractivity (Wildman–Crippen MR) is 80.4 cm³/mol. The maximum atomic E-state index is 12.1. The van der Waals surface area contributed by atoms with Gasteiger partial charge < -0.3 is 4.98 Å². The molecule has 0 aliphatic rings. The Bertz CT molecular complexity index is 621. The molecule has 0 aliphatic heterocycles. The molecule has 2 heterocycles. The van der Waals surface area contributed by atoms with Crippen LogP contribution < -0.4 is 0 Å². The molecule has 0 bridgehead atoms. The van der Waals surface area contributed by atoms with Gasteiger partial charge in [-0.25, -0.2) is 4.98 Å². The van der Waals surface area contributed by atoms with Crippen LogP contribution in [0.25, 0.3) is 0 Å². The summed E-state index contributed by atoms with van der Waals surface area (Å²) < 4.78 is 0. The van der Waals surface area contributed by atoms with Crippen molar-refractivity contribution in [1.29, 1.82) is 0 Å². The molecular weight excluding hydrogens is 272 g/mol. The Labute approximate surface area is 123 Å². The lowest BCUT2D eigenvalue weighted by molar-refractivity contribution is 0.102. The van der Waals surface area contributed by atoms with Gasteiger partial charge in [-0.05, 0) is 19.9 Å². The van der Waals surface area contributed by atoms with Crippen LogP contribution in [0.2, 0.25) is 0 Å². The molecule has 0 atom stereocenters. The number of nitrogens with zero attached hydrogens (tertiary/aromatic N) is 2. The van der Waals surface area contributed by atoms with Gasteiger partial charge >= 0.3 is 0 Å². The number of rotatable bonds is 4. The van der Waals surface area contributed by atoms with Crippen molar-refractivity contribution >= 4 is 17.5 Å². The van der Waals surface area contributed by atoms with Crippen LogP contribution in [0.5, 0.6) is 0 Å². The first-order chi connectivity index (χ1) is 9.27. The highest BCUT2D eigenvalue weighted by molar-refractivity contribution is 7.99. The standard InChI is InChI=1S/C14H20N4OS/c1-8-6-10(9(2)15-8)11(19)7-20-13-16-12(17-18-13)14(3,4)5/h6,15H,7H2,1-5H3,(H,16,17,18). The van der Waals surface area contributed by atoms with Gasteiger partial charge in [-0.2, -0.15) is 0 Å². The lowest BCUT2D eigenvalue weighted by atomic mass is 9.96. The second-order valence-electron chi connectivity index (χ2n) is 5.92. The van der Waals surface area contributed by atoms with E-state index in [1.165, 1.54) is 11.8 Å². The van der Waals surface area contributed by atoms with Gasteiger partial charge in [-0.3, -0.25) is 9.89 Å². The number of thioether (sulfide) groups is 1. The number of ketones is 1. The molecule has 0 spiro atoms. The molecule has 0 fully saturated rings. The van der Waals surface area contributed by atoms with E-state index >= 15 is 0 Å². The van der Waals surface area contributed by atoms with Crippen molar-refractivity contribution in [2.75, 3.05) is 5.75 Å². The molecule has 2 rings (SSSR count). The molecule has 6 heteroatoms. The third kappa shape index (κ3) is 3.30. The maximum absolute atomic E-state index is 12.1. The quantitative estimate of drug-likeness (QED) is 0.671. The van der Waals surface area contributed by atoms with E-state index < -0.39 is 0 Å². The number of hydrogen-bond acceptors (Lipinski definition) is 4. The van der Waals surface area contributed by atoms with Crippen molar-refractivity contribution in [2.45, 2.75) is 45.2 Å². The Morgan fingerprint density at radius 1 is 1.35 bits per heavy atom. The van der Waals surface area contributed by atoms with Gasteiger partial charge in [0, 0.05) is 22.4 Å². The highest BCUT2D eigenvalue weighted by Crippen LogP contribution is 2.22. The number of carbonyl (C=O) groups is 1.